The number of amides is 1. The average molecular weight is 398 g/mol. The quantitative estimate of drug-likeness (QED) is 0.678. The molecule has 3 rings (SSSR count). The number of aromatic nitrogens is 1. The Morgan fingerprint density at radius 2 is 2.14 bits per heavy atom. The number of nitrogens with zero attached hydrogens (tertiary/aromatic N) is 1. The minimum absolute atomic E-state index is 0.218. The van der Waals surface area contributed by atoms with Gasteiger partial charge in [0.15, 0.2) is 5.13 Å². The zero-order valence-electron chi connectivity index (χ0n) is 11.4. The molecule has 4 nitrogen and oxygen atoms in total. The number of halogens is 2. The number of benzene rings is 2. The van der Waals surface area contributed by atoms with Gasteiger partial charge in [0, 0.05) is 10.5 Å². The largest absolute Gasteiger partial charge is 0.495 e. The second-order valence-corrected chi connectivity index (χ2v) is 6.70. The molecule has 7 heteroatoms. The van der Waals surface area contributed by atoms with Gasteiger partial charge in [0.25, 0.3) is 5.91 Å². The molecule has 1 heterocycles. The Morgan fingerprint density at radius 1 is 1.36 bits per heavy atom. The van der Waals surface area contributed by atoms with Gasteiger partial charge in [-0.25, -0.2) is 4.98 Å². The highest BCUT2D eigenvalue weighted by molar-refractivity contribution is 9.10. The molecule has 0 unspecified atom stereocenters. The van der Waals surface area contributed by atoms with Crippen LogP contribution in [0.2, 0.25) is 5.02 Å². The number of fused-ring (bicyclic) bond motifs is 1. The van der Waals surface area contributed by atoms with E-state index in [1.54, 1.807) is 19.2 Å². The van der Waals surface area contributed by atoms with E-state index in [2.05, 4.69) is 26.2 Å². The number of nitrogens with one attached hydrogen (secondary N) is 1. The standard InChI is InChI=1S/C15H10BrClN2O2S/c1-21-12-7-13-11(6-10(12)17)18-15(22-13)19-14(20)8-4-2-3-5-9(8)16/h2-7H,1H3,(H,18,19,20). The Balaban J connectivity index is 1.91. The Labute approximate surface area is 144 Å². The maximum Gasteiger partial charge on any atom is 0.258 e. The van der Waals surface area contributed by atoms with Crippen LogP contribution in [0.5, 0.6) is 5.75 Å². The highest BCUT2D eigenvalue weighted by atomic mass is 79.9. The van der Waals surface area contributed by atoms with Crippen LogP contribution in [0, 0.1) is 0 Å². The number of rotatable bonds is 3. The highest BCUT2D eigenvalue weighted by Crippen LogP contribution is 2.34. The van der Waals surface area contributed by atoms with Crippen LogP contribution in [0.3, 0.4) is 0 Å². The van der Waals surface area contributed by atoms with Crippen LogP contribution in [-0.4, -0.2) is 18.0 Å². The second kappa shape index (κ2) is 6.24. The van der Waals surface area contributed by atoms with E-state index in [0.29, 0.717) is 21.5 Å². The molecule has 22 heavy (non-hydrogen) atoms. The molecule has 0 atom stereocenters. The van der Waals surface area contributed by atoms with Gasteiger partial charge < -0.3 is 4.74 Å². The van der Waals surface area contributed by atoms with Crippen molar-refractivity contribution in [3.63, 3.8) is 0 Å². The fraction of sp³-hybridized carbons (Fsp3) is 0.0667. The molecule has 0 aliphatic rings. The van der Waals surface area contributed by atoms with E-state index < -0.39 is 0 Å². The van der Waals surface area contributed by atoms with Crippen LogP contribution in [0.25, 0.3) is 10.2 Å². The molecule has 0 aliphatic carbocycles. The lowest BCUT2D eigenvalue weighted by Gasteiger charge is -2.03. The second-order valence-electron chi connectivity index (χ2n) is 4.41. The van der Waals surface area contributed by atoms with E-state index in [1.165, 1.54) is 11.3 Å². The van der Waals surface area contributed by atoms with E-state index in [4.69, 9.17) is 16.3 Å². The number of methoxy groups -OCH3 is 1. The summed E-state index contributed by atoms with van der Waals surface area (Å²) < 4.78 is 6.81. The summed E-state index contributed by atoms with van der Waals surface area (Å²) in [7, 11) is 1.56. The van der Waals surface area contributed by atoms with Crippen LogP contribution in [0.4, 0.5) is 5.13 Å². The van der Waals surface area contributed by atoms with E-state index in [-0.39, 0.29) is 5.91 Å². The molecule has 0 spiro atoms. The number of carbonyl (C=O) groups excluding carboxylic acids is 1. The van der Waals surface area contributed by atoms with Gasteiger partial charge in [0.05, 0.1) is 27.9 Å². The van der Waals surface area contributed by atoms with Crippen molar-refractivity contribution in [2.75, 3.05) is 12.4 Å². The van der Waals surface area contributed by atoms with Gasteiger partial charge in [0.2, 0.25) is 0 Å². The maximum atomic E-state index is 12.3. The van der Waals surface area contributed by atoms with Crippen molar-refractivity contribution in [1.29, 1.82) is 0 Å². The number of ether oxygens (including phenoxy) is 1. The van der Waals surface area contributed by atoms with Gasteiger partial charge in [-0.3, -0.25) is 10.1 Å². The number of thiazole rings is 1. The Morgan fingerprint density at radius 3 is 2.86 bits per heavy atom. The number of hydrogen-bond donors (Lipinski definition) is 1. The molecular weight excluding hydrogens is 388 g/mol. The van der Waals surface area contributed by atoms with Crippen LogP contribution in [0.15, 0.2) is 40.9 Å². The fourth-order valence-electron chi connectivity index (χ4n) is 1.95. The third kappa shape index (κ3) is 2.95. The smallest absolute Gasteiger partial charge is 0.258 e. The van der Waals surface area contributed by atoms with Crippen molar-refractivity contribution in [3.05, 3.63) is 51.5 Å². The molecule has 0 saturated carbocycles. The molecule has 112 valence electrons. The zero-order valence-corrected chi connectivity index (χ0v) is 14.6. The van der Waals surface area contributed by atoms with Crippen molar-refractivity contribution >= 4 is 60.1 Å². The van der Waals surface area contributed by atoms with Crippen LogP contribution >= 0.6 is 38.9 Å². The molecule has 0 radical (unpaired) electrons. The highest BCUT2D eigenvalue weighted by Gasteiger charge is 2.13. The van der Waals surface area contributed by atoms with Gasteiger partial charge in [-0.1, -0.05) is 35.1 Å². The van der Waals surface area contributed by atoms with E-state index in [0.717, 1.165) is 14.7 Å². The topological polar surface area (TPSA) is 51.2 Å². The van der Waals surface area contributed by atoms with Crippen LogP contribution in [-0.2, 0) is 0 Å². The first-order valence-corrected chi connectivity index (χ1v) is 8.27. The predicted octanol–water partition coefficient (Wildman–Crippen LogP) is 4.97. The number of carbonyl (C=O) groups is 1. The molecule has 0 saturated heterocycles. The monoisotopic (exact) mass is 396 g/mol. The number of anilines is 1. The first kappa shape index (κ1) is 15.3. The van der Waals surface area contributed by atoms with Crippen molar-refractivity contribution in [1.82, 2.24) is 4.98 Å². The normalized spacial score (nSPS) is 10.7. The zero-order chi connectivity index (χ0) is 15.7. The molecule has 0 fully saturated rings. The summed E-state index contributed by atoms with van der Waals surface area (Å²) in [5.41, 5.74) is 1.27. The van der Waals surface area contributed by atoms with Crippen LogP contribution in [0.1, 0.15) is 10.4 Å². The van der Waals surface area contributed by atoms with E-state index in [1.807, 2.05) is 24.3 Å². The predicted molar refractivity (Wildman–Crippen MR) is 93.3 cm³/mol. The molecule has 1 N–H and O–H groups in total. The Kier molecular flexibility index (Phi) is 4.33. The molecule has 2 aromatic carbocycles. The Hall–Kier alpha value is -1.63. The third-order valence-electron chi connectivity index (χ3n) is 3.00. The van der Waals surface area contributed by atoms with Gasteiger partial charge in [-0.2, -0.15) is 0 Å². The molecule has 1 amide bonds. The first-order chi connectivity index (χ1) is 10.6. The summed E-state index contributed by atoms with van der Waals surface area (Å²) in [4.78, 5) is 16.7. The molecule has 0 bridgehead atoms. The lowest BCUT2D eigenvalue weighted by atomic mass is 10.2. The van der Waals surface area contributed by atoms with E-state index >= 15 is 0 Å². The maximum absolute atomic E-state index is 12.3. The average Bonchev–Trinajstić information content (AvgIpc) is 2.87. The minimum Gasteiger partial charge on any atom is -0.495 e. The van der Waals surface area contributed by atoms with Gasteiger partial charge >= 0.3 is 0 Å². The summed E-state index contributed by atoms with van der Waals surface area (Å²) in [6, 6.07) is 10.8. The van der Waals surface area contributed by atoms with Crippen molar-refractivity contribution in [2.45, 2.75) is 0 Å². The summed E-state index contributed by atoms with van der Waals surface area (Å²) in [6.07, 6.45) is 0. The SMILES string of the molecule is COc1cc2sc(NC(=O)c3ccccc3Br)nc2cc1Cl. The lowest BCUT2D eigenvalue weighted by Crippen LogP contribution is -2.12. The summed E-state index contributed by atoms with van der Waals surface area (Å²) >= 11 is 10.8. The first-order valence-electron chi connectivity index (χ1n) is 6.28. The molecule has 3 aromatic rings. The van der Waals surface area contributed by atoms with Crippen LogP contribution < -0.4 is 10.1 Å². The lowest BCUT2D eigenvalue weighted by molar-refractivity contribution is 0.102. The van der Waals surface area contributed by atoms with Crippen molar-refractivity contribution < 1.29 is 9.53 Å². The fourth-order valence-corrected chi connectivity index (χ4v) is 3.52. The third-order valence-corrected chi connectivity index (χ3v) is 4.92. The van der Waals surface area contributed by atoms with Gasteiger partial charge in [0.1, 0.15) is 5.75 Å². The minimum atomic E-state index is -0.218. The summed E-state index contributed by atoms with van der Waals surface area (Å²) in [6.45, 7) is 0. The van der Waals surface area contributed by atoms with Gasteiger partial charge in [-0.05, 0) is 34.1 Å². The number of hydrogen-bond acceptors (Lipinski definition) is 4. The summed E-state index contributed by atoms with van der Waals surface area (Å²) in [5, 5.41) is 3.80. The molecular formula is C15H10BrClN2O2S. The van der Waals surface area contributed by atoms with E-state index in [9.17, 15) is 4.79 Å². The molecule has 0 aliphatic heterocycles. The Bertz CT molecular complexity index is 866. The van der Waals surface area contributed by atoms with Crippen molar-refractivity contribution in [3.8, 4) is 5.75 Å². The molecule has 1 aromatic heterocycles. The summed E-state index contributed by atoms with van der Waals surface area (Å²) in [5.74, 6) is 0.367. The van der Waals surface area contributed by atoms with Gasteiger partial charge in [-0.15, -0.1) is 0 Å². The van der Waals surface area contributed by atoms with Crippen molar-refractivity contribution in [2.24, 2.45) is 0 Å².